The number of nitrogens with two attached hydrogens (primary N) is 1. The van der Waals surface area contributed by atoms with Crippen LogP contribution in [-0.4, -0.2) is 54.3 Å². The molecule has 2 heterocycles. The molecular weight excluding hydrogens is 256 g/mol. The van der Waals surface area contributed by atoms with Gasteiger partial charge in [0.1, 0.15) is 17.5 Å². The molecule has 4 N–H and O–H groups in total. The molecule has 2 aliphatic rings. The molecule has 7 heteroatoms. The number of nitrogens with one attached hydrogen (secondary N) is 2. The Labute approximate surface area is 118 Å². The normalized spacial score (nSPS) is 23.6. The summed E-state index contributed by atoms with van der Waals surface area (Å²) in [5.41, 5.74) is 2.60. The first kappa shape index (κ1) is 13.5. The third-order valence-electron chi connectivity index (χ3n) is 3.69. The van der Waals surface area contributed by atoms with E-state index in [1.54, 1.807) is 0 Å². The highest BCUT2D eigenvalue weighted by Gasteiger charge is 2.27. The number of nitrogens with zero attached hydrogens (tertiary/aromatic N) is 3. The van der Waals surface area contributed by atoms with Crippen LogP contribution in [0, 0.1) is 0 Å². The van der Waals surface area contributed by atoms with E-state index in [2.05, 4.69) is 32.7 Å². The topological polar surface area (TPSA) is 88.3 Å². The molecule has 1 aliphatic heterocycles. The summed E-state index contributed by atoms with van der Waals surface area (Å²) in [5, 5.41) is 3.33. The lowest BCUT2D eigenvalue weighted by Crippen LogP contribution is -2.43. The minimum atomic E-state index is 0.197. The standard InChI is InChI=1S/C13H22N6O/c1-19-4-5-20-10(8-19)7-15-11-6-12(18-14)17-13(16-11)9-2-3-9/h6,9-10H,2-5,7-8,14H2,1H3,(H2,15,16,17,18). The molecule has 1 unspecified atom stereocenters. The van der Waals surface area contributed by atoms with E-state index < -0.39 is 0 Å². The van der Waals surface area contributed by atoms with E-state index >= 15 is 0 Å². The second-order valence-electron chi connectivity index (χ2n) is 5.55. The van der Waals surface area contributed by atoms with Gasteiger partial charge in [0.2, 0.25) is 0 Å². The molecule has 1 aromatic heterocycles. The number of rotatable bonds is 5. The zero-order valence-corrected chi connectivity index (χ0v) is 11.8. The maximum atomic E-state index is 5.73. The number of ether oxygens (including phenoxy) is 1. The number of aromatic nitrogens is 2. The molecular formula is C13H22N6O. The SMILES string of the molecule is CN1CCOC(CNc2cc(NN)nc(C3CC3)n2)C1. The molecule has 3 rings (SSSR count). The Morgan fingerprint density at radius 3 is 2.90 bits per heavy atom. The van der Waals surface area contributed by atoms with Crippen molar-refractivity contribution in [1.29, 1.82) is 0 Å². The maximum absolute atomic E-state index is 5.73. The van der Waals surface area contributed by atoms with Crippen LogP contribution in [0.5, 0.6) is 0 Å². The summed E-state index contributed by atoms with van der Waals surface area (Å²) in [6.07, 6.45) is 2.54. The fraction of sp³-hybridized carbons (Fsp3) is 0.692. The molecule has 0 radical (unpaired) electrons. The Hall–Kier alpha value is -1.44. The predicted octanol–water partition coefficient (Wildman–Crippen LogP) is 0.382. The highest BCUT2D eigenvalue weighted by atomic mass is 16.5. The van der Waals surface area contributed by atoms with Crippen molar-refractivity contribution in [3.63, 3.8) is 0 Å². The van der Waals surface area contributed by atoms with Crippen LogP contribution in [0.1, 0.15) is 24.6 Å². The lowest BCUT2D eigenvalue weighted by molar-refractivity contribution is -0.0117. The molecule has 0 bridgehead atoms. The molecule has 20 heavy (non-hydrogen) atoms. The molecule has 110 valence electrons. The number of hydrogen-bond donors (Lipinski definition) is 3. The number of hydrogen-bond acceptors (Lipinski definition) is 7. The van der Waals surface area contributed by atoms with E-state index in [-0.39, 0.29) is 6.10 Å². The Balaban J connectivity index is 1.62. The first-order valence-electron chi connectivity index (χ1n) is 7.14. The summed E-state index contributed by atoms with van der Waals surface area (Å²) in [7, 11) is 2.11. The van der Waals surface area contributed by atoms with Gasteiger partial charge >= 0.3 is 0 Å². The minimum absolute atomic E-state index is 0.197. The summed E-state index contributed by atoms with van der Waals surface area (Å²) in [4.78, 5) is 11.2. The van der Waals surface area contributed by atoms with Crippen LogP contribution in [0.4, 0.5) is 11.6 Å². The van der Waals surface area contributed by atoms with E-state index in [1.165, 1.54) is 12.8 Å². The van der Waals surface area contributed by atoms with E-state index in [9.17, 15) is 0 Å². The molecule has 0 aromatic carbocycles. The summed E-state index contributed by atoms with van der Waals surface area (Å²) in [6.45, 7) is 3.47. The summed E-state index contributed by atoms with van der Waals surface area (Å²) >= 11 is 0. The zero-order chi connectivity index (χ0) is 13.9. The van der Waals surface area contributed by atoms with Crippen molar-refractivity contribution >= 4 is 11.6 Å². The summed E-state index contributed by atoms with van der Waals surface area (Å²) in [6, 6.07) is 1.83. The van der Waals surface area contributed by atoms with Gasteiger partial charge in [-0.15, -0.1) is 0 Å². The van der Waals surface area contributed by atoms with Gasteiger partial charge in [0, 0.05) is 31.6 Å². The number of likely N-dealkylation sites (N-methyl/N-ethyl adjacent to an activating group) is 1. The maximum Gasteiger partial charge on any atom is 0.145 e. The number of hydrazine groups is 1. The van der Waals surface area contributed by atoms with Gasteiger partial charge in [0.25, 0.3) is 0 Å². The monoisotopic (exact) mass is 278 g/mol. The average Bonchev–Trinajstić information content (AvgIpc) is 3.29. The predicted molar refractivity (Wildman–Crippen MR) is 77.5 cm³/mol. The minimum Gasteiger partial charge on any atom is -0.374 e. The van der Waals surface area contributed by atoms with Crippen molar-refractivity contribution < 1.29 is 4.74 Å². The molecule has 1 saturated heterocycles. The number of nitrogen functional groups attached to an aromatic ring is 1. The van der Waals surface area contributed by atoms with Gasteiger partial charge in [0.15, 0.2) is 0 Å². The van der Waals surface area contributed by atoms with Crippen LogP contribution in [0.25, 0.3) is 0 Å². The van der Waals surface area contributed by atoms with Gasteiger partial charge in [-0.3, -0.25) is 0 Å². The smallest absolute Gasteiger partial charge is 0.145 e. The van der Waals surface area contributed by atoms with Crippen molar-refractivity contribution in [2.45, 2.75) is 24.9 Å². The Morgan fingerprint density at radius 1 is 1.40 bits per heavy atom. The van der Waals surface area contributed by atoms with Crippen molar-refractivity contribution in [2.75, 3.05) is 44.0 Å². The third-order valence-corrected chi connectivity index (χ3v) is 3.69. The second kappa shape index (κ2) is 5.90. The van der Waals surface area contributed by atoms with Gasteiger partial charge in [-0.1, -0.05) is 0 Å². The van der Waals surface area contributed by atoms with Gasteiger partial charge in [-0.25, -0.2) is 15.8 Å². The van der Waals surface area contributed by atoms with Crippen molar-refractivity contribution in [1.82, 2.24) is 14.9 Å². The molecule has 1 aliphatic carbocycles. The highest BCUT2D eigenvalue weighted by molar-refractivity contribution is 5.47. The van der Waals surface area contributed by atoms with E-state index in [1.807, 2.05) is 6.07 Å². The van der Waals surface area contributed by atoms with E-state index in [0.717, 1.165) is 37.9 Å². The van der Waals surface area contributed by atoms with Gasteiger partial charge in [0.05, 0.1) is 12.7 Å². The molecule has 1 saturated carbocycles. The Kier molecular flexibility index (Phi) is 4.00. The van der Waals surface area contributed by atoms with Crippen LogP contribution >= 0.6 is 0 Å². The Bertz CT molecular complexity index is 464. The van der Waals surface area contributed by atoms with Gasteiger partial charge in [-0.05, 0) is 19.9 Å². The lowest BCUT2D eigenvalue weighted by atomic mass is 10.3. The fourth-order valence-corrected chi connectivity index (χ4v) is 2.36. The number of morpholine rings is 1. The van der Waals surface area contributed by atoms with Gasteiger partial charge in [-0.2, -0.15) is 0 Å². The van der Waals surface area contributed by atoms with Crippen LogP contribution < -0.4 is 16.6 Å². The quantitative estimate of drug-likeness (QED) is 0.530. The van der Waals surface area contributed by atoms with Crippen LogP contribution in [0.2, 0.25) is 0 Å². The van der Waals surface area contributed by atoms with Crippen molar-refractivity contribution in [3.8, 4) is 0 Å². The summed E-state index contributed by atoms with van der Waals surface area (Å²) in [5.74, 6) is 8.32. The second-order valence-corrected chi connectivity index (χ2v) is 5.55. The van der Waals surface area contributed by atoms with Gasteiger partial charge < -0.3 is 20.4 Å². The lowest BCUT2D eigenvalue weighted by Gasteiger charge is -2.30. The molecule has 7 nitrogen and oxygen atoms in total. The Morgan fingerprint density at radius 2 is 2.20 bits per heavy atom. The fourth-order valence-electron chi connectivity index (χ4n) is 2.36. The molecule has 1 aromatic rings. The third kappa shape index (κ3) is 3.36. The number of anilines is 2. The molecule has 0 spiro atoms. The highest BCUT2D eigenvalue weighted by Crippen LogP contribution is 2.38. The first-order valence-corrected chi connectivity index (χ1v) is 7.14. The average molecular weight is 278 g/mol. The van der Waals surface area contributed by atoms with Crippen LogP contribution in [-0.2, 0) is 4.74 Å². The largest absolute Gasteiger partial charge is 0.374 e. The van der Waals surface area contributed by atoms with Crippen LogP contribution in [0.3, 0.4) is 0 Å². The first-order chi connectivity index (χ1) is 9.74. The van der Waals surface area contributed by atoms with Crippen molar-refractivity contribution in [2.24, 2.45) is 5.84 Å². The molecule has 0 amide bonds. The van der Waals surface area contributed by atoms with Crippen molar-refractivity contribution in [3.05, 3.63) is 11.9 Å². The van der Waals surface area contributed by atoms with E-state index in [0.29, 0.717) is 11.7 Å². The van der Waals surface area contributed by atoms with E-state index in [4.69, 9.17) is 10.6 Å². The molecule has 2 fully saturated rings. The molecule has 1 atom stereocenters. The van der Waals surface area contributed by atoms with Crippen LogP contribution in [0.15, 0.2) is 6.07 Å². The summed E-state index contributed by atoms with van der Waals surface area (Å²) < 4.78 is 5.73. The zero-order valence-electron chi connectivity index (χ0n) is 11.8.